The lowest BCUT2D eigenvalue weighted by molar-refractivity contribution is -0.125. The van der Waals surface area contributed by atoms with E-state index < -0.39 is 0 Å². The Morgan fingerprint density at radius 1 is 1.20 bits per heavy atom. The van der Waals surface area contributed by atoms with E-state index in [-0.39, 0.29) is 43.3 Å². The monoisotopic (exact) mass is 368 g/mol. The van der Waals surface area contributed by atoms with E-state index >= 15 is 0 Å². The lowest BCUT2D eigenvalue weighted by atomic mass is 10.1. The number of hydrogen-bond donors (Lipinski definition) is 3. The molecule has 0 spiro atoms. The first-order valence-corrected chi connectivity index (χ1v) is 8.27. The van der Waals surface area contributed by atoms with Crippen LogP contribution in [-0.4, -0.2) is 35.8 Å². The number of unbranched alkanes of at least 4 members (excludes halogenated alkanes) is 3. The zero-order chi connectivity index (χ0) is 17.4. The van der Waals surface area contributed by atoms with Gasteiger partial charge < -0.3 is 16.4 Å². The molecule has 4 N–H and O–H groups in total. The van der Waals surface area contributed by atoms with E-state index in [4.69, 9.17) is 5.73 Å². The van der Waals surface area contributed by atoms with Crippen molar-refractivity contribution in [1.29, 1.82) is 0 Å². The Bertz CT molecular complexity index is 593. The average Bonchev–Trinajstić information content (AvgIpc) is 2.87. The van der Waals surface area contributed by atoms with Crippen LogP contribution in [0.15, 0.2) is 24.3 Å². The van der Waals surface area contributed by atoms with Gasteiger partial charge in [0.2, 0.25) is 11.8 Å². The molecular formula is C17H25ClN4O3. The summed E-state index contributed by atoms with van der Waals surface area (Å²) in [7, 11) is 0. The van der Waals surface area contributed by atoms with Crippen LogP contribution in [0.3, 0.4) is 0 Å². The molecule has 7 nitrogen and oxygen atoms in total. The van der Waals surface area contributed by atoms with Crippen molar-refractivity contribution < 1.29 is 14.4 Å². The molecule has 0 radical (unpaired) electrons. The molecule has 1 saturated heterocycles. The Kier molecular flexibility index (Phi) is 8.94. The molecule has 0 aliphatic carbocycles. The first-order chi connectivity index (χ1) is 11.6. The molecule has 0 aromatic heterocycles. The summed E-state index contributed by atoms with van der Waals surface area (Å²) in [6.45, 7) is 0.934. The van der Waals surface area contributed by atoms with Crippen LogP contribution in [0.4, 0.5) is 10.5 Å². The fourth-order valence-corrected chi connectivity index (χ4v) is 2.55. The number of carbonyl (C=O) groups excluding carboxylic acids is 3. The van der Waals surface area contributed by atoms with Gasteiger partial charge in [-0.1, -0.05) is 25.0 Å². The van der Waals surface area contributed by atoms with Crippen molar-refractivity contribution in [3.8, 4) is 0 Å². The predicted octanol–water partition coefficient (Wildman–Crippen LogP) is 2.01. The number of anilines is 1. The number of nitrogens with one attached hydrogen (secondary N) is 2. The molecule has 1 aromatic rings. The van der Waals surface area contributed by atoms with E-state index in [1.54, 1.807) is 18.2 Å². The quantitative estimate of drug-likeness (QED) is 0.458. The Labute approximate surface area is 153 Å². The van der Waals surface area contributed by atoms with Gasteiger partial charge in [0.05, 0.1) is 13.1 Å². The van der Waals surface area contributed by atoms with Crippen LogP contribution in [0.2, 0.25) is 0 Å². The number of amides is 4. The highest BCUT2D eigenvalue weighted by Crippen LogP contribution is 2.15. The Morgan fingerprint density at radius 3 is 2.64 bits per heavy atom. The van der Waals surface area contributed by atoms with Gasteiger partial charge in [-0.3, -0.25) is 14.5 Å². The molecule has 1 aliphatic rings. The van der Waals surface area contributed by atoms with Gasteiger partial charge in [-0.25, -0.2) is 4.79 Å². The van der Waals surface area contributed by atoms with Crippen LogP contribution >= 0.6 is 12.4 Å². The summed E-state index contributed by atoms with van der Waals surface area (Å²) >= 11 is 0. The minimum atomic E-state index is -0.382. The third-order valence-corrected chi connectivity index (χ3v) is 3.85. The van der Waals surface area contributed by atoms with E-state index in [1.165, 1.54) is 4.90 Å². The van der Waals surface area contributed by atoms with Crippen molar-refractivity contribution in [2.75, 3.05) is 18.4 Å². The van der Waals surface area contributed by atoms with E-state index in [9.17, 15) is 14.4 Å². The minimum absolute atomic E-state index is 0. The summed E-state index contributed by atoms with van der Waals surface area (Å²) < 4.78 is 0. The molecule has 1 heterocycles. The van der Waals surface area contributed by atoms with Gasteiger partial charge in [0.1, 0.15) is 0 Å². The van der Waals surface area contributed by atoms with Gasteiger partial charge in [-0.15, -0.1) is 12.4 Å². The summed E-state index contributed by atoms with van der Waals surface area (Å²) in [5, 5.41) is 5.34. The molecule has 0 unspecified atom stereocenters. The second-order valence-corrected chi connectivity index (χ2v) is 5.84. The highest BCUT2D eigenvalue weighted by molar-refractivity contribution is 6.01. The normalized spacial score (nSPS) is 13.4. The lowest BCUT2D eigenvalue weighted by Gasteiger charge is -2.13. The van der Waals surface area contributed by atoms with Crippen molar-refractivity contribution in [2.24, 2.45) is 5.73 Å². The van der Waals surface area contributed by atoms with Crippen molar-refractivity contribution in [3.63, 3.8) is 0 Å². The molecule has 4 amide bonds. The topological polar surface area (TPSA) is 105 Å². The van der Waals surface area contributed by atoms with Crippen LogP contribution in [0, 0.1) is 0 Å². The van der Waals surface area contributed by atoms with Crippen LogP contribution in [0.5, 0.6) is 0 Å². The number of rotatable bonds is 9. The molecule has 138 valence electrons. The van der Waals surface area contributed by atoms with Crippen LogP contribution in [0.1, 0.15) is 37.7 Å². The Hall–Kier alpha value is -2.12. The first kappa shape index (κ1) is 20.9. The molecule has 0 bridgehead atoms. The number of nitrogens with zero attached hydrogens (tertiary/aromatic N) is 1. The minimum Gasteiger partial charge on any atom is -0.330 e. The largest absolute Gasteiger partial charge is 0.330 e. The summed E-state index contributed by atoms with van der Waals surface area (Å²) in [6.07, 6.45) is 4.35. The van der Waals surface area contributed by atoms with Crippen molar-refractivity contribution in [1.82, 2.24) is 10.2 Å². The highest BCUT2D eigenvalue weighted by Gasteiger charge is 2.28. The maximum absolute atomic E-state index is 11.9. The molecule has 0 atom stereocenters. The van der Waals surface area contributed by atoms with Crippen molar-refractivity contribution in [2.45, 2.75) is 38.6 Å². The Balaban J connectivity index is 0.00000312. The van der Waals surface area contributed by atoms with Gasteiger partial charge in [0.25, 0.3) is 0 Å². The first-order valence-electron chi connectivity index (χ1n) is 8.27. The van der Waals surface area contributed by atoms with Crippen molar-refractivity contribution in [3.05, 3.63) is 29.8 Å². The van der Waals surface area contributed by atoms with Gasteiger partial charge in [0, 0.05) is 12.1 Å². The van der Waals surface area contributed by atoms with E-state index in [0.717, 1.165) is 31.2 Å². The molecular weight excluding hydrogens is 344 g/mol. The van der Waals surface area contributed by atoms with Crippen molar-refractivity contribution >= 4 is 35.9 Å². The standard InChI is InChI=1S/C17H24N4O3.ClH/c18-9-4-2-1-3-8-15(22)20-14-7-5-6-13(10-14)12-21-16(23)11-19-17(21)24;/h5-7,10H,1-4,8-9,11-12,18H2,(H,19,24)(H,20,22);1H. The Morgan fingerprint density at radius 2 is 1.96 bits per heavy atom. The fourth-order valence-electron chi connectivity index (χ4n) is 2.55. The number of benzene rings is 1. The molecule has 0 saturated carbocycles. The highest BCUT2D eigenvalue weighted by atomic mass is 35.5. The summed E-state index contributed by atoms with van der Waals surface area (Å²) in [5.41, 5.74) is 6.90. The number of imide groups is 1. The lowest BCUT2D eigenvalue weighted by Crippen LogP contribution is -2.30. The molecule has 8 heteroatoms. The molecule has 1 fully saturated rings. The summed E-state index contributed by atoms with van der Waals surface area (Å²) in [4.78, 5) is 36.3. The van der Waals surface area contributed by atoms with Gasteiger partial charge in [-0.2, -0.15) is 0 Å². The third kappa shape index (κ3) is 6.72. The number of halogens is 1. The van der Waals surface area contributed by atoms with Crippen LogP contribution < -0.4 is 16.4 Å². The maximum Gasteiger partial charge on any atom is 0.324 e. The van der Waals surface area contributed by atoms with Gasteiger partial charge >= 0.3 is 6.03 Å². The summed E-state index contributed by atoms with van der Waals surface area (Å²) in [5.74, 6) is -0.276. The van der Waals surface area contributed by atoms with E-state index in [1.807, 2.05) is 6.07 Å². The number of urea groups is 1. The summed E-state index contributed by atoms with van der Waals surface area (Å²) in [6, 6.07) is 6.81. The third-order valence-electron chi connectivity index (χ3n) is 3.85. The number of carbonyl (C=O) groups is 3. The van der Waals surface area contributed by atoms with Gasteiger partial charge in [0.15, 0.2) is 0 Å². The molecule has 2 rings (SSSR count). The molecule has 1 aliphatic heterocycles. The predicted molar refractivity (Wildman–Crippen MR) is 98.4 cm³/mol. The second-order valence-electron chi connectivity index (χ2n) is 5.84. The number of nitrogens with two attached hydrogens (primary N) is 1. The van der Waals surface area contributed by atoms with Crippen LogP contribution in [-0.2, 0) is 16.1 Å². The SMILES string of the molecule is Cl.NCCCCCCC(=O)Nc1cccc(CN2C(=O)CNC2=O)c1. The van der Waals surface area contributed by atoms with E-state index in [0.29, 0.717) is 18.7 Å². The van der Waals surface area contributed by atoms with Gasteiger partial charge in [-0.05, 0) is 37.1 Å². The molecule has 1 aromatic carbocycles. The zero-order valence-corrected chi connectivity index (χ0v) is 14.9. The van der Waals surface area contributed by atoms with E-state index in [2.05, 4.69) is 10.6 Å². The second kappa shape index (κ2) is 10.7. The smallest absolute Gasteiger partial charge is 0.324 e. The maximum atomic E-state index is 11.9. The van der Waals surface area contributed by atoms with Crippen LogP contribution in [0.25, 0.3) is 0 Å². The average molecular weight is 369 g/mol. The zero-order valence-electron chi connectivity index (χ0n) is 14.1. The molecule has 25 heavy (non-hydrogen) atoms. The number of hydrogen-bond acceptors (Lipinski definition) is 4. The fraction of sp³-hybridized carbons (Fsp3) is 0.471.